The summed E-state index contributed by atoms with van der Waals surface area (Å²) in [5, 5.41) is 11.5. The minimum absolute atomic E-state index is 0.0401. The second-order valence-electron chi connectivity index (χ2n) is 5.21. The summed E-state index contributed by atoms with van der Waals surface area (Å²) in [6.45, 7) is 3.94. The quantitative estimate of drug-likeness (QED) is 0.711. The number of para-hydroxylation sites is 1. The van der Waals surface area contributed by atoms with Crippen LogP contribution in [0.15, 0.2) is 24.3 Å². The van der Waals surface area contributed by atoms with Gasteiger partial charge in [-0.05, 0) is 24.0 Å². The maximum atomic E-state index is 11.9. The highest BCUT2D eigenvalue weighted by Gasteiger charge is 2.14. The normalized spacial score (nSPS) is 12.2. The summed E-state index contributed by atoms with van der Waals surface area (Å²) < 4.78 is 0. The number of carbonyl (C=O) groups excluding carboxylic acids is 1. The molecule has 0 aromatic heterocycles. The minimum Gasteiger partial charge on any atom is -0.481 e. The van der Waals surface area contributed by atoms with Gasteiger partial charge in [0.1, 0.15) is 0 Å². The van der Waals surface area contributed by atoms with Gasteiger partial charge in [0.05, 0.1) is 0 Å². The van der Waals surface area contributed by atoms with Crippen LogP contribution in [0.25, 0.3) is 0 Å². The minimum atomic E-state index is -0.854. The second-order valence-corrected chi connectivity index (χ2v) is 5.21. The molecule has 4 N–H and O–H groups in total. The third-order valence-corrected chi connectivity index (χ3v) is 3.18. The highest BCUT2D eigenvalue weighted by molar-refractivity contribution is 5.92. The number of aryl methyl sites for hydroxylation is 1. The number of nitrogens with one attached hydrogen (secondary N) is 1. The molecule has 5 heteroatoms. The summed E-state index contributed by atoms with van der Waals surface area (Å²) in [5.74, 6) is -0.759. The van der Waals surface area contributed by atoms with Gasteiger partial charge in [-0.15, -0.1) is 0 Å². The van der Waals surface area contributed by atoms with Gasteiger partial charge in [0.25, 0.3) is 0 Å². The Morgan fingerprint density at radius 2 is 1.95 bits per heavy atom. The molecule has 0 saturated carbocycles. The number of nitrogens with two attached hydrogens (primary N) is 1. The number of aliphatic carboxylic acids is 1. The van der Waals surface area contributed by atoms with Gasteiger partial charge in [-0.25, -0.2) is 0 Å². The van der Waals surface area contributed by atoms with E-state index in [-0.39, 0.29) is 30.7 Å². The Morgan fingerprint density at radius 3 is 2.55 bits per heavy atom. The van der Waals surface area contributed by atoms with Gasteiger partial charge in [0.15, 0.2) is 0 Å². The van der Waals surface area contributed by atoms with E-state index in [1.54, 1.807) is 6.07 Å². The third-order valence-electron chi connectivity index (χ3n) is 3.18. The third kappa shape index (κ3) is 5.40. The van der Waals surface area contributed by atoms with Crippen LogP contribution in [0.4, 0.5) is 5.69 Å². The summed E-state index contributed by atoms with van der Waals surface area (Å²) in [4.78, 5) is 22.5. The second kappa shape index (κ2) is 7.65. The molecule has 0 heterocycles. The molecule has 1 aromatic rings. The summed E-state index contributed by atoms with van der Waals surface area (Å²) in [7, 11) is 0. The van der Waals surface area contributed by atoms with Crippen molar-refractivity contribution in [1.29, 1.82) is 0 Å². The van der Waals surface area contributed by atoms with Crippen molar-refractivity contribution in [1.82, 2.24) is 0 Å². The highest BCUT2D eigenvalue weighted by atomic mass is 16.4. The van der Waals surface area contributed by atoms with E-state index >= 15 is 0 Å². The number of amides is 1. The Hall–Kier alpha value is -1.88. The molecule has 1 atom stereocenters. The van der Waals surface area contributed by atoms with Crippen molar-refractivity contribution in [3.05, 3.63) is 29.8 Å². The van der Waals surface area contributed by atoms with Gasteiger partial charge in [-0.2, -0.15) is 0 Å². The van der Waals surface area contributed by atoms with Gasteiger partial charge < -0.3 is 16.2 Å². The lowest BCUT2D eigenvalue weighted by Crippen LogP contribution is -2.31. The van der Waals surface area contributed by atoms with Crippen LogP contribution in [0.1, 0.15) is 32.3 Å². The highest BCUT2D eigenvalue weighted by Crippen LogP contribution is 2.17. The number of hydrogen-bond acceptors (Lipinski definition) is 3. The first kappa shape index (κ1) is 16.2. The summed E-state index contributed by atoms with van der Waals surface area (Å²) in [6.07, 6.45) is 0.686. The van der Waals surface area contributed by atoms with Crippen LogP contribution in [0.5, 0.6) is 0 Å². The molecular formula is C15H22N2O3. The lowest BCUT2D eigenvalue weighted by molar-refractivity contribution is -0.136. The van der Waals surface area contributed by atoms with E-state index in [0.29, 0.717) is 12.1 Å². The molecule has 1 amide bonds. The molecule has 0 aliphatic heterocycles. The topological polar surface area (TPSA) is 92.4 Å². The molecule has 0 radical (unpaired) electrons. The number of carbonyl (C=O) groups is 2. The van der Waals surface area contributed by atoms with Crippen molar-refractivity contribution in [3.63, 3.8) is 0 Å². The molecule has 20 heavy (non-hydrogen) atoms. The fourth-order valence-electron chi connectivity index (χ4n) is 1.75. The van der Waals surface area contributed by atoms with E-state index in [1.807, 2.05) is 32.0 Å². The molecular weight excluding hydrogens is 256 g/mol. The Kier molecular flexibility index (Phi) is 6.18. The summed E-state index contributed by atoms with van der Waals surface area (Å²) in [5.41, 5.74) is 7.35. The van der Waals surface area contributed by atoms with E-state index in [4.69, 9.17) is 10.8 Å². The predicted molar refractivity (Wildman–Crippen MR) is 78.5 cm³/mol. The van der Waals surface area contributed by atoms with Crippen LogP contribution >= 0.6 is 0 Å². The van der Waals surface area contributed by atoms with Gasteiger partial charge >= 0.3 is 5.97 Å². The largest absolute Gasteiger partial charge is 0.481 e. The monoisotopic (exact) mass is 278 g/mol. The zero-order valence-electron chi connectivity index (χ0n) is 11.9. The molecule has 1 rings (SSSR count). The van der Waals surface area contributed by atoms with Crippen LogP contribution in [-0.4, -0.2) is 23.0 Å². The van der Waals surface area contributed by atoms with E-state index in [9.17, 15) is 9.59 Å². The number of anilines is 1. The first-order valence-corrected chi connectivity index (χ1v) is 6.75. The lowest BCUT2D eigenvalue weighted by atomic mass is 10.0. The first-order chi connectivity index (χ1) is 9.40. The smallest absolute Gasteiger partial charge is 0.303 e. The molecule has 5 nitrogen and oxygen atoms in total. The van der Waals surface area contributed by atoms with Gasteiger partial charge in [-0.1, -0.05) is 32.0 Å². The van der Waals surface area contributed by atoms with E-state index < -0.39 is 5.97 Å². The van der Waals surface area contributed by atoms with E-state index in [0.717, 1.165) is 5.56 Å². The van der Waals surface area contributed by atoms with Crippen molar-refractivity contribution in [2.24, 2.45) is 11.7 Å². The zero-order chi connectivity index (χ0) is 15.1. The van der Waals surface area contributed by atoms with Crippen LogP contribution < -0.4 is 11.1 Å². The van der Waals surface area contributed by atoms with Crippen LogP contribution in [-0.2, 0) is 16.0 Å². The Morgan fingerprint density at radius 1 is 1.30 bits per heavy atom. The number of benzene rings is 1. The van der Waals surface area contributed by atoms with Crippen molar-refractivity contribution >= 4 is 17.6 Å². The maximum absolute atomic E-state index is 11.9. The fraction of sp³-hybridized carbons (Fsp3) is 0.467. The Bertz CT molecular complexity index is 472. The molecule has 1 aromatic carbocycles. The lowest BCUT2D eigenvalue weighted by Gasteiger charge is -2.16. The average Bonchev–Trinajstić information content (AvgIpc) is 2.37. The van der Waals surface area contributed by atoms with Crippen LogP contribution in [0, 0.1) is 5.92 Å². The molecule has 0 aliphatic rings. The first-order valence-electron chi connectivity index (χ1n) is 6.75. The van der Waals surface area contributed by atoms with Gasteiger partial charge in [-0.3, -0.25) is 9.59 Å². The van der Waals surface area contributed by atoms with Gasteiger partial charge in [0, 0.05) is 24.6 Å². The molecule has 0 fully saturated rings. The van der Waals surface area contributed by atoms with Crippen LogP contribution in [0.3, 0.4) is 0 Å². The molecule has 0 bridgehead atoms. The van der Waals surface area contributed by atoms with Crippen molar-refractivity contribution in [3.8, 4) is 0 Å². The molecule has 110 valence electrons. The molecule has 0 aliphatic carbocycles. The number of carboxylic acid groups (broad SMARTS) is 1. The van der Waals surface area contributed by atoms with Gasteiger partial charge in [0.2, 0.25) is 5.91 Å². The maximum Gasteiger partial charge on any atom is 0.303 e. The summed E-state index contributed by atoms with van der Waals surface area (Å²) in [6, 6.07) is 7.05. The number of hydrogen-bond donors (Lipinski definition) is 3. The fourth-order valence-corrected chi connectivity index (χ4v) is 1.75. The molecule has 0 spiro atoms. The predicted octanol–water partition coefficient (Wildman–Crippen LogP) is 2.02. The van der Waals surface area contributed by atoms with E-state index in [2.05, 4.69) is 5.32 Å². The molecule has 1 unspecified atom stereocenters. The number of rotatable bonds is 7. The van der Waals surface area contributed by atoms with Crippen molar-refractivity contribution < 1.29 is 14.7 Å². The van der Waals surface area contributed by atoms with Crippen molar-refractivity contribution in [2.45, 2.75) is 39.2 Å². The average molecular weight is 278 g/mol. The zero-order valence-corrected chi connectivity index (χ0v) is 11.9. The SMILES string of the molecule is CC(C)C(N)CC(=O)Nc1ccccc1CCC(=O)O. The van der Waals surface area contributed by atoms with Crippen molar-refractivity contribution in [2.75, 3.05) is 5.32 Å². The summed E-state index contributed by atoms with van der Waals surface area (Å²) >= 11 is 0. The Balaban J connectivity index is 2.67. The number of carboxylic acids is 1. The standard InChI is InChI=1S/C15H22N2O3/c1-10(2)12(16)9-14(18)17-13-6-4-3-5-11(13)7-8-15(19)20/h3-6,10,12H,7-9,16H2,1-2H3,(H,17,18)(H,19,20). The Labute approximate surface area is 119 Å². The van der Waals surface area contributed by atoms with E-state index in [1.165, 1.54) is 0 Å². The molecule has 0 saturated heterocycles. The van der Waals surface area contributed by atoms with Crippen LogP contribution in [0.2, 0.25) is 0 Å².